The van der Waals surface area contributed by atoms with Gasteiger partial charge in [0.2, 0.25) is 0 Å². The van der Waals surface area contributed by atoms with Crippen LogP contribution in [-0.2, 0) is 6.42 Å². The van der Waals surface area contributed by atoms with E-state index in [0.29, 0.717) is 5.75 Å². The van der Waals surface area contributed by atoms with Gasteiger partial charge in [-0.15, -0.1) is 0 Å². The van der Waals surface area contributed by atoms with Gasteiger partial charge in [-0.1, -0.05) is 6.92 Å². The van der Waals surface area contributed by atoms with Crippen LogP contribution in [0.1, 0.15) is 18.2 Å². The maximum Gasteiger partial charge on any atom is 0.183 e. The number of aromatic nitrogens is 1. The molecular formula is C9H12FNO. The molecule has 0 aliphatic heterocycles. The van der Waals surface area contributed by atoms with Crippen molar-refractivity contribution < 1.29 is 9.13 Å². The van der Waals surface area contributed by atoms with Crippen LogP contribution in [0.3, 0.4) is 0 Å². The lowest BCUT2D eigenvalue weighted by Gasteiger charge is -2.08. The van der Waals surface area contributed by atoms with Crippen molar-refractivity contribution >= 4 is 0 Å². The van der Waals surface area contributed by atoms with Crippen molar-refractivity contribution in [3.8, 4) is 5.75 Å². The predicted molar refractivity (Wildman–Crippen MR) is 44.9 cm³/mol. The minimum atomic E-state index is -0.389. The first-order valence-electron chi connectivity index (χ1n) is 3.88. The minimum absolute atomic E-state index is 0.324. The van der Waals surface area contributed by atoms with Gasteiger partial charge in [-0.25, -0.2) is 4.39 Å². The van der Waals surface area contributed by atoms with Crippen molar-refractivity contribution in [1.29, 1.82) is 0 Å². The maximum absolute atomic E-state index is 13.0. The fraction of sp³-hybridized carbons (Fsp3) is 0.444. The summed E-state index contributed by atoms with van der Waals surface area (Å²) >= 11 is 0. The van der Waals surface area contributed by atoms with E-state index in [1.165, 1.54) is 13.3 Å². The largest absolute Gasteiger partial charge is 0.493 e. The van der Waals surface area contributed by atoms with Crippen molar-refractivity contribution in [3.63, 3.8) is 0 Å². The zero-order chi connectivity index (χ0) is 9.14. The number of ether oxygens (including phenoxy) is 1. The molecule has 1 rings (SSSR count). The predicted octanol–water partition coefficient (Wildman–Crippen LogP) is 2.10. The van der Waals surface area contributed by atoms with Crippen LogP contribution >= 0.6 is 0 Å². The average molecular weight is 169 g/mol. The number of halogens is 1. The summed E-state index contributed by atoms with van der Waals surface area (Å²) in [5.41, 5.74) is 1.67. The Labute approximate surface area is 71.4 Å². The van der Waals surface area contributed by atoms with E-state index >= 15 is 0 Å². The molecule has 1 heterocycles. The zero-order valence-electron chi connectivity index (χ0n) is 7.52. The molecule has 3 heteroatoms. The molecule has 1 aromatic heterocycles. The van der Waals surface area contributed by atoms with Crippen LogP contribution in [0.2, 0.25) is 0 Å². The standard InChI is InChI=1S/C9H12FNO/c1-4-7-6(2)11-5-8(10)9(7)12-3/h5H,4H2,1-3H3. The molecule has 0 radical (unpaired) electrons. The number of pyridine rings is 1. The van der Waals surface area contributed by atoms with Crippen molar-refractivity contribution in [2.75, 3.05) is 7.11 Å². The summed E-state index contributed by atoms with van der Waals surface area (Å²) in [6.45, 7) is 3.80. The van der Waals surface area contributed by atoms with E-state index in [1.807, 2.05) is 13.8 Å². The highest BCUT2D eigenvalue weighted by molar-refractivity contribution is 5.36. The molecule has 0 aromatic carbocycles. The molecular weight excluding hydrogens is 157 g/mol. The second-order valence-corrected chi connectivity index (χ2v) is 2.56. The van der Waals surface area contributed by atoms with Crippen molar-refractivity contribution in [1.82, 2.24) is 4.98 Å². The highest BCUT2D eigenvalue weighted by Gasteiger charge is 2.10. The van der Waals surface area contributed by atoms with Gasteiger partial charge in [-0.05, 0) is 13.3 Å². The fourth-order valence-corrected chi connectivity index (χ4v) is 1.24. The van der Waals surface area contributed by atoms with Crippen molar-refractivity contribution in [2.45, 2.75) is 20.3 Å². The molecule has 66 valence electrons. The van der Waals surface area contributed by atoms with Crippen LogP contribution in [0.15, 0.2) is 6.20 Å². The van der Waals surface area contributed by atoms with Crippen molar-refractivity contribution in [3.05, 3.63) is 23.3 Å². The van der Waals surface area contributed by atoms with Gasteiger partial charge in [-0.2, -0.15) is 0 Å². The van der Waals surface area contributed by atoms with Gasteiger partial charge < -0.3 is 4.74 Å². The summed E-state index contributed by atoms with van der Waals surface area (Å²) in [5, 5.41) is 0. The lowest BCUT2D eigenvalue weighted by Crippen LogP contribution is -1.99. The average Bonchev–Trinajstić information content (AvgIpc) is 2.08. The Hall–Kier alpha value is -1.12. The Kier molecular flexibility index (Phi) is 2.63. The summed E-state index contributed by atoms with van der Waals surface area (Å²) in [4.78, 5) is 3.90. The third kappa shape index (κ3) is 1.40. The van der Waals surface area contributed by atoms with E-state index in [1.54, 1.807) is 0 Å². The van der Waals surface area contributed by atoms with E-state index in [2.05, 4.69) is 4.98 Å². The quantitative estimate of drug-likeness (QED) is 0.676. The first-order chi connectivity index (χ1) is 5.70. The molecule has 0 N–H and O–H groups in total. The smallest absolute Gasteiger partial charge is 0.183 e. The highest BCUT2D eigenvalue weighted by atomic mass is 19.1. The third-order valence-corrected chi connectivity index (χ3v) is 1.86. The van der Waals surface area contributed by atoms with Gasteiger partial charge in [0.1, 0.15) is 0 Å². The fourth-order valence-electron chi connectivity index (χ4n) is 1.24. The first kappa shape index (κ1) is 8.97. The van der Waals surface area contributed by atoms with Gasteiger partial charge in [-0.3, -0.25) is 4.98 Å². The first-order valence-corrected chi connectivity index (χ1v) is 3.88. The Morgan fingerprint density at radius 3 is 2.67 bits per heavy atom. The van der Waals surface area contributed by atoms with Crippen LogP contribution in [0.5, 0.6) is 5.75 Å². The summed E-state index contributed by atoms with van der Waals surface area (Å²) in [6, 6.07) is 0. The van der Waals surface area contributed by atoms with Gasteiger partial charge in [0.05, 0.1) is 13.3 Å². The van der Waals surface area contributed by atoms with Gasteiger partial charge in [0, 0.05) is 11.3 Å². The van der Waals surface area contributed by atoms with Crippen LogP contribution < -0.4 is 4.74 Å². The number of methoxy groups -OCH3 is 1. The summed E-state index contributed by atoms with van der Waals surface area (Å²) in [5.74, 6) is -0.0649. The van der Waals surface area contributed by atoms with Crippen LogP contribution in [0.4, 0.5) is 4.39 Å². The van der Waals surface area contributed by atoms with Gasteiger partial charge in [0.25, 0.3) is 0 Å². The molecule has 0 spiro atoms. The van der Waals surface area contributed by atoms with E-state index < -0.39 is 0 Å². The van der Waals surface area contributed by atoms with E-state index in [9.17, 15) is 4.39 Å². The van der Waals surface area contributed by atoms with E-state index in [4.69, 9.17) is 4.74 Å². The third-order valence-electron chi connectivity index (χ3n) is 1.86. The van der Waals surface area contributed by atoms with Gasteiger partial charge in [0.15, 0.2) is 11.6 Å². The molecule has 0 bridgehead atoms. The number of hydrogen-bond acceptors (Lipinski definition) is 2. The monoisotopic (exact) mass is 169 g/mol. The molecule has 2 nitrogen and oxygen atoms in total. The second kappa shape index (κ2) is 3.52. The molecule has 12 heavy (non-hydrogen) atoms. The molecule has 0 saturated heterocycles. The molecule has 0 unspecified atom stereocenters. The zero-order valence-corrected chi connectivity index (χ0v) is 7.52. The SMILES string of the molecule is CCc1c(C)ncc(F)c1OC. The molecule has 0 aliphatic carbocycles. The lowest BCUT2D eigenvalue weighted by atomic mass is 10.1. The topological polar surface area (TPSA) is 22.1 Å². The highest BCUT2D eigenvalue weighted by Crippen LogP contribution is 2.23. The van der Waals surface area contributed by atoms with Crippen LogP contribution in [0, 0.1) is 12.7 Å². The Bertz CT molecular complexity index is 257. The molecule has 0 amide bonds. The van der Waals surface area contributed by atoms with Crippen LogP contribution in [-0.4, -0.2) is 12.1 Å². The molecule has 0 atom stereocenters. The Morgan fingerprint density at radius 1 is 1.58 bits per heavy atom. The second-order valence-electron chi connectivity index (χ2n) is 2.56. The number of hydrogen-bond donors (Lipinski definition) is 0. The number of aryl methyl sites for hydroxylation is 1. The lowest BCUT2D eigenvalue weighted by molar-refractivity contribution is 0.379. The number of nitrogens with zero attached hydrogens (tertiary/aromatic N) is 1. The summed E-state index contributed by atoms with van der Waals surface area (Å²) < 4.78 is 18.0. The van der Waals surface area contributed by atoms with Crippen LogP contribution in [0.25, 0.3) is 0 Å². The molecule has 0 fully saturated rings. The Balaban J connectivity index is 3.28. The number of rotatable bonds is 2. The van der Waals surface area contributed by atoms with E-state index in [-0.39, 0.29) is 5.82 Å². The summed E-state index contributed by atoms with van der Waals surface area (Å²) in [7, 11) is 1.47. The minimum Gasteiger partial charge on any atom is -0.493 e. The van der Waals surface area contributed by atoms with E-state index in [0.717, 1.165) is 17.7 Å². The molecule has 0 aliphatic rings. The molecule has 1 aromatic rings. The van der Waals surface area contributed by atoms with Gasteiger partial charge >= 0.3 is 0 Å². The van der Waals surface area contributed by atoms with Crippen molar-refractivity contribution in [2.24, 2.45) is 0 Å². The summed E-state index contributed by atoms with van der Waals surface area (Å²) in [6.07, 6.45) is 1.92. The Morgan fingerprint density at radius 2 is 2.25 bits per heavy atom. The maximum atomic E-state index is 13.0. The molecule has 0 saturated carbocycles. The normalized spacial score (nSPS) is 10.0.